The van der Waals surface area contributed by atoms with E-state index in [-0.39, 0.29) is 11.7 Å². The van der Waals surface area contributed by atoms with Gasteiger partial charge in [-0.2, -0.15) is 4.39 Å². The molecule has 0 amide bonds. The van der Waals surface area contributed by atoms with Crippen LogP contribution in [-0.4, -0.2) is 6.61 Å². The Bertz CT molecular complexity index is 543. The number of rotatable bonds is 5. The average molecular weight is 336 g/mol. The standard InChI is InChI=1S/C21H30F2O/c1-2-13-24-18-14-17(15-9-5-3-6-10-15)19(21(23)20(18)22)16-11-7-4-8-12-16/h14-16H,2-13H2,1H3. The maximum atomic E-state index is 15.0. The number of halogens is 2. The van der Waals surface area contributed by atoms with Crippen molar-refractivity contribution in [3.63, 3.8) is 0 Å². The first-order valence-electron chi connectivity index (χ1n) is 9.87. The van der Waals surface area contributed by atoms with Gasteiger partial charge in [-0.25, -0.2) is 4.39 Å². The number of hydrogen-bond donors (Lipinski definition) is 0. The van der Waals surface area contributed by atoms with Gasteiger partial charge in [0.15, 0.2) is 11.6 Å². The van der Waals surface area contributed by atoms with Gasteiger partial charge in [-0.1, -0.05) is 45.4 Å². The van der Waals surface area contributed by atoms with E-state index >= 15 is 4.39 Å². The molecule has 3 rings (SSSR count). The summed E-state index contributed by atoms with van der Waals surface area (Å²) in [5, 5.41) is 0. The van der Waals surface area contributed by atoms with E-state index in [4.69, 9.17) is 4.74 Å². The van der Waals surface area contributed by atoms with Crippen LogP contribution in [0.4, 0.5) is 8.78 Å². The van der Waals surface area contributed by atoms with Gasteiger partial charge in [0.1, 0.15) is 0 Å². The monoisotopic (exact) mass is 336 g/mol. The number of ether oxygens (including phenoxy) is 1. The van der Waals surface area contributed by atoms with Crippen molar-refractivity contribution in [3.05, 3.63) is 28.8 Å². The third-order valence-electron chi connectivity index (χ3n) is 5.76. The van der Waals surface area contributed by atoms with Crippen molar-refractivity contribution in [2.24, 2.45) is 0 Å². The molecule has 2 saturated carbocycles. The zero-order valence-electron chi connectivity index (χ0n) is 14.9. The Morgan fingerprint density at radius 1 is 0.875 bits per heavy atom. The molecule has 0 spiro atoms. The van der Waals surface area contributed by atoms with Crippen molar-refractivity contribution in [3.8, 4) is 5.75 Å². The van der Waals surface area contributed by atoms with Crippen molar-refractivity contribution < 1.29 is 13.5 Å². The van der Waals surface area contributed by atoms with Gasteiger partial charge in [-0.3, -0.25) is 0 Å². The van der Waals surface area contributed by atoms with Crippen LogP contribution in [0.2, 0.25) is 0 Å². The first-order valence-corrected chi connectivity index (χ1v) is 9.87. The van der Waals surface area contributed by atoms with Gasteiger partial charge in [-0.05, 0) is 61.1 Å². The molecule has 0 radical (unpaired) electrons. The van der Waals surface area contributed by atoms with Gasteiger partial charge in [0.2, 0.25) is 5.82 Å². The second-order valence-corrected chi connectivity index (χ2v) is 7.52. The quantitative estimate of drug-likeness (QED) is 0.571. The van der Waals surface area contributed by atoms with Crippen molar-refractivity contribution in [2.75, 3.05) is 6.61 Å². The molecule has 0 atom stereocenters. The van der Waals surface area contributed by atoms with Gasteiger partial charge in [-0.15, -0.1) is 0 Å². The lowest BCUT2D eigenvalue weighted by Gasteiger charge is -2.30. The van der Waals surface area contributed by atoms with Crippen molar-refractivity contribution in [1.82, 2.24) is 0 Å². The highest BCUT2D eigenvalue weighted by molar-refractivity contribution is 5.43. The first-order chi connectivity index (χ1) is 11.7. The lowest BCUT2D eigenvalue weighted by Crippen LogP contribution is -2.16. The SMILES string of the molecule is CCCOc1cc(C2CCCCC2)c(C2CCCCC2)c(F)c1F. The van der Waals surface area contributed by atoms with E-state index in [1.807, 2.05) is 13.0 Å². The molecule has 0 unspecified atom stereocenters. The summed E-state index contributed by atoms with van der Waals surface area (Å²) in [5.41, 5.74) is 1.73. The Morgan fingerprint density at radius 2 is 1.46 bits per heavy atom. The molecule has 2 fully saturated rings. The number of benzene rings is 1. The second-order valence-electron chi connectivity index (χ2n) is 7.52. The molecule has 0 aliphatic heterocycles. The van der Waals surface area contributed by atoms with E-state index in [2.05, 4.69) is 0 Å². The van der Waals surface area contributed by atoms with Crippen LogP contribution in [0.5, 0.6) is 5.75 Å². The Hall–Kier alpha value is -1.12. The first kappa shape index (κ1) is 17.7. The van der Waals surface area contributed by atoms with Crippen LogP contribution < -0.4 is 4.74 Å². The molecule has 0 aromatic heterocycles. The van der Waals surface area contributed by atoms with Crippen LogP contribution in [0.15, 0.2) is 6.07 Å². The zero-order chi connectivity index (χ0) is 16.9. The fourth-order valence-electron chi connectivity index (χ4n) is 4.51. The minimum Gasteiger partial charge on any atom is -0.490 e. The molecule has 134 valence electrons. The van der Waals surface area contributed by atoms with Gasteiger partial charge in [0, 0.05) is 0 Å². The molecule has 1 nitrogen and oxygen atoms in total. The molecule has 1 aromatic rings. The van der Waals surface area contributed by atoms with Gasteiger partial charge in [0.25, 0.3) is 0 Å². The Labute approximate surface area is 144 Å². The molecule has 3 heteroatoms. The summed E-state index contributed by atoms with van der Waals surface area (Å²) in [5.74, 6) is -0.728. The molecule has 1 aromatic carbocycles. The molecule has 2 aliphatic carbocycles. The average Bonchev–Trinajstić information content (AvgIpc) is 2.64. The van der Waals surface area contributed by atoms with Gasteiger partial charge < -0.3 is 4.74 Å². The third-order valence-corrected chi connectivity index (χ3v) is 5.76. The molecule has 0 N–H and O–H groups in total. The van der Waals surface area contributed by atoms with Crippen LogP contribution in [-0.2, 0) is 0 Å². The summed E-state index contributed by atoms with van der Waals surface area (Å²) >= 11 is 0. The maximum Gasteiger partial charge on any atom is 0.200 e. The van der Waals surface area contributed by atoms with E-state index in [0.29, 0.717) is 18.1 Å². The highest BCUT2D eigenvalue weighted by Gasteiger charge is 2.30. The third kappa shape index (κ3) is 3.75. The summed E-state index contributed by atoms with van der Waals surface area (Å²) in [6.45, 7) is 2.41. The van der Waals surface area contributed by atoms with Crippen molar-refractivity contribution in [2.45, 2.75) is 89.4 Å². The van der Waals surface area contributed by atoms with Gasteiger partial charge in [0.05, 0.1) is 6.61 Å². The zero-order valence-corrected chi connectivity index (χ0v) is 14.9. The maximum absolute atomic E-state index is 15.0. The normalized spacial score (nSPS) is 20.3. The van der Waals surface area contributed by atoms with E-state index in [0.717, 1.165) is 50.5 Å². The minimum atomic E-state index is -0.774. The smallest absolute Gasteiger partial charge is 0.200 e. The van der Waals surface area contributed by atoms with E-state index in [1.54, 1.807) is 0 Å². The summed E-state index contributed by atoms with van der Waals surface area (Å²) in [7, 11) is 0. The summed E-state index contributed by atoms with van der Waals surface area (Å²) in [6, 6.07) is 1.84. The molecular weight excluding hydrogens is 306 g/mol. The van der Waals surface area contributed by atoms with E-state index in [1.165, 1.54) is 25.7 Å². The van der Waals surface area contributed by atoms with E-state index in [9.17, 15) is 4.39 Å². The van der Waals surface area contributed by atoms with Crippen LogP contribution in [0.3, 0.4) is 0 Å². The van der Waals surface area contributed by atoms with Crippen LogP contribution in [0.25, 0.3) is 0 Å². The molecule has 0 saturated heterocycles. The van der Waals surface area contributed by atoms with Crippen LogP contribution >= 0.6 is 0 Å². The van der Waals surface area contributed by atoms with E-state index < -0.39 is 11.6 Å². The van der Waals surface area contributed by atoms with Crippen LogP contribution in [0, 0.1) is 11.6 Å². The Kier molecular flexibility index (Phi) is 6.13. The van der Waals surface area contributed by atoms with Gasteiger partial charge >= 0.3 is 0 Å². The summed E-state index contributed by atoms with van der Waals surface area (Å²) in [6.07, 6.45) is 12.1. The molecular formula is C21H30F2O. The fourth-order valence-corrected chi connectivity index (χ4v) is 4.51. The fraction of sp³-hybridized carbons (Fsp3) is 0.714. The number of hydrogen-bond acceptors (Lipinski definition) is 1. The predicted octanol–water partition coefficient (Wildman–Crippen LogP) is 6.85. The van der Waals surface area contributed by atoms with Crippen molar-refractivity contribution >= 4 is 0 Å². The largest absolute Gasteiger partial charge is 0.490 e. The molecule has 0 heterocycles. The molecule has 2 aliphatic rings. The Balaban J connectivity index is 2.01. The lowest BCUT2D eigenvalue weighted by atomic mass is 9.75. The molecule has 0 bridgehead atoms. The lowest BCUT2D eigenvalue weighted by molar-refractivity contribution is 0.291. The highest BCUT2D eigenvalue weighted by Crippen LogP contribution is 2.44. The Morgan fingerprint density at radius 3 is 2.04 bits per heavy atom. The van der Waals surface area contributed by atoms with Crippen LogP contribution in [0.1, 0.15) is 101 Å². The predicted molar refractivity (Wildman–Crippen MR) is 93.8 cm³/mol. The summed E-state index contributed by atoms with van der Waals surface area (Å²) in [4.78, 5) is 0. The second kappa shape index (κ2) is 8.31. The molecule has 24 heavy (non-hydrogen) atoms. The summed E-state index contributed by atoms with van der Waals surface area (Å²) < 4.78 is 35.1. The topological polar surface area (TPSA) is 9.23 Å². The minimum absolute atomic E-state index is 0.120. The highest BCUT2D eigenvalue weighted by atomic mass is 19.2. The van der Waals surface area contributed by atoms with Crippen molar-refractivity contribution in [1.29, 1.82) is 0 Å².